The molecule has 5 nitrogen and oxygen atoms in total. The second kappa shape index (κ2) is 8.82. The van der Waals surface area contributed by atoms with Crippen LogP contribution in [0.2, 0.25) is 0 Å². The standard InChI is InChI=1S/C22H26N2O3/c1-16-7-5-6-8-17(16)11-12-21(26)23-19-13-14-24(15-20(19)25)22(27)18-9-3-2-4-10-18/h2-10,19-20,25H,11-15H2,1H3,(H,23,26)/t19-,20-/m1/s1. The normalized spacial score (nSPS) is 19.6. The predicted molar refractivity (Wildman–Crippen MR) is 104 cm³/mol. The van der Waals surface area contributed by atoms with Crippen LogP contribution in [0.3, 0.4) is 0 Å². The van der Waals surface area contributed by atoms with Gasteiger partial charge in [-0.1, -0.05) is 42.5 Å². The van der Waals surface area contributed by atoms with Crippen molar-refractivity contribution in [3.05, 3.63) is 71.3 Å². The number of carbonyl (C=O) groups is 2. The number of nitrogens with one attached hydrogen (secondary N) is 1. The average molecular weight is 366 g/mol. The van der Waals surface area contributed by atoms with Crippen LogP contribution in [0, 0.1) is 6.92 Å². The zero-order valence-electron chi connectivity index (χ0n) is 15.6. The van der Waals surface area contributed by atoms with E-state index >= 15 is 0 Å². The Balaban J connectivity index is 1.49. The number of benzene rings is 2. The summed E-state index contributed by atoms with van der Waals surface area (Å²) in [5, 5.41) is 13.3. The minimum Gasteiger partial charge on any atom is -0.389 e. The van der Waals surface area contributed by atoms with Gasteiger partial charge in [0.2, 0.25) is 5.91 Å². The van der Waals surface area contributed by atoms with Gasteiger partial charge in [-0.15, -0.1) is 0 Å². The van der Waals surface area contributed by atoms with Crippen LogP contribution >= 0.6 is 0 Å². The molecule has 1 fully saturated rings. The van der Waals surface area contributed by atoms with Crippen LogP contribution in [-0.4, -0.2) is 47.1 Å². The lowest BCUT2D eigenvalue weighted by molar-refractivity contribution is -0.123. The molecule has 1 aliphatic heterocycles. The van der Waals surface area contributed by atoms with E-state index < -0.39 is 6.10 Å². The molecule has 1 saturated heterocycles. The van der Waals surface area contributed by atoms with Crippen LogP contribution in [0.5, 0.6) is 0 Å². The lowest BCUT2D eigenvalue weighted by atomic mass is 10.00. The highest BCUT2D eigenvalue weighted by Crippen LogP contribution is 2.15. The summed E-state index contributed by atoms with van der Waals surface area (Å²) in [5.41, 5.74) is 2.96. The van der Waals surface area contributed by atoms with E-state index in [4.69, 9.17) is 0 Å². The Bertz CT molecular complexity index is 791. The maximum Gasteiger partial charge on any atom is 0.253 e. The van der Waals surface area contributed by atoms with Gasteiger partial charge in [0.15, 0.2) is 0 Å². The molecule has 2 atom stereocenters. The summed E-state index contributed by atoms with van der Waals surface area (Å²) in [7, 11) is 0. The van der Waals surface area contributed by atoms with Gasteiger partial charge in [-0.25, -0.2) is 0 Å². The molecule has 27 heavy (non-hydrogen) atoms. The first-order valence-electron chi connectivity index (χ1n) is 9.41. The third-order valence-electron chi connectivity index (χ3n) is 5.12. The smallest absolute Gasteiger partial charge is 0.253 e. The molecule has 0 spiro atoms. The van der Waals surface area contributed by atoms with Crippen LogP contribution in [0.15, 0.2) is 54.6 Å². The second-order valence-corrected chi connectivity index (χ2v) is 7.07. The number of carbonyl (C=O) groups excluding carboxylic acids is 2. The first-order valence-corrected chi connectivity index (χ1v) is 9.41. The number of aryl methyl sites for hydroxylation is 2. The van der Waals surface area contributed by atoms with Gasteiger partial charge in [0.05, 0.1) is 12.1 Å². The Kier molecular flexibility index (Phi) is 6.24. The molecule has 142 valence electrons. The molecular weight excluding hydrogens is 340 g/mol. The van der Waals surface area contributed by atoms with Crippen molar-refractivity contribution in [2.45, 2.75) is 38.3 Å². The van der Waals surface area contributed by atoms with E-state index in [1.54, 1.807) is 17.0 Å². The van der Waals surface area contributed by atoms with Crippen LogP contribution in [0.1, 0.15) is 34.3 Å². The number of aliphatic hydroxyl groups excluding tert-OH is 1. The summed E-state index contributed by atoms with van der Waals surface area (Å²) in [4.78, 5) is 26.4. The molecule has 0 aliphatic carbocycles. The summed E-state index contributed by atoms with van der Waals surface area (Å²) >= 11 is 0. The molecule has 0 saturated carbocycles. The lowest BCUT2D eigenvalue weighted by Gasteiger charge is -2.36. The number of aliphatic hydroxyl groups is 1. The summed E-state index contributed by atoms with van der Waals surface area (Å²) in [6.07, 6.45) is 0.866. The number of hydrogen-bond acceptors (Lipinski definition) is 3. The number of piperidine rings is 1. The van der Waals surface area contributed by atoms with Gasteiger partial charge >= 0.3 is 0 Å². The van der Waals surface area contributed by atoms with Crippen LogP contribution in [0.4, 0.5) is 0 Å². The summed E-state index contributed by atoms with van der Waals surface area (Å²) in [6.45, 7) is 2.79. The molecule has 0 radical (unpaired) electrons. The van der Waals surface area contributed by atoms with E-state index in [0.29, 0.717) is 31.4 Å². The van der Waals surface area contributed by atoms with Crippen molar-refractivity contribution >= 4 is 11.8 Å². The summed E-state index contributed by atoms with van der Waals surface area (Å²) < 4.78 is 0. The molecule has 1 aliphatic rings. The molecule has 0 aromatic heterocycles. The van der Waals surface area contributed by atoms with E-state index in [-0.39, 0.29) is 24.4 Å². The van der Waals surface area contributed by atoms with Gasteiger partial charge < -0.3 is 15.3 Å². The van der Waals surface area contributed by atoms with E-state index in [2.05, 4.69) is 5.32 Å². The van der Waals surface area contributed by atoms with Crippen molar-refractivity contribution in [3.63, 3.8) is 0 Å². The molecule has 0 bridgehead atoms. The third kappa shape index (κ3) is 4.95. The number of amides is 2. The Hall–Kier alpha value is -2.66. The summed E-state index contributed by atoms with van der Waals surface area (Å²) in [5.74, 6) is -0.149. The van der Waals surface area contributed by atoms with Gasteiger partial charge in [-0.2, -0.15) is 0 Å². The molecule has 5 heteroatoms. The van der Waals surface area contributed by atoms with Crippen LogP contribution in [-0.2, 0) is 11.2 Å². The maximum atomic E-state index is 12.5. The Morgan fingerprint density at radius 3 is 2.52 bits per heavy atom. The number of likely N-dealkylation sites (tertiary alicyclic amines) is 1. The van der Waals surface area contributed by atoms with Gasteiger partial charge in [-0.3, -0.25) is 9.59 Å². The molecule has 2 aromatic rings. The molecule has 2 aromatic carbocycles. The van der Waals surface area contributed by atoms with E-state index in [0.717, 1.165) is 5.56 Å². The molecule has 2 N–H and O–H groups in total. The largest absolute Gasteiger partial charge is 0.389 e. The van der Waals surface area contributed by atoms with Crippen molar-refractivity contribution < 1.29 is 14.7 Å². The minimum atomic E-state index is -0.756. The molecule has 2 amide bonds. The van der Waals surface area contributed by atoms with Crippen molar-refractivity contribution in [2.24, 2.45) is 0 Å². The molecule has 1 heterocycles. The van der Waals surface area contributed by atoms with Crippen LogP contribution in [0.25, 0.3) is 0 Å². The van der Waals surface area contributed by atoms with Crippen molar-refractivity contribution in [3.8, 4) is 0 Å². The Labute approximate surface area is 160 Å². The highest BCUT2D eigenvalue weighted by atomic mass is 16.3. The molecular formula is C22H26N2O3. The van der Waals surface area contributed by atoms with Crippen LogP contribution < -0.4 is 5.32 Å². The fourth-order valence-electron chi connectivity index (χ4n) is 3.47. The highest BCUT2D eigenvalue weighted by Gasteiger charge is 2.31. The SMILES string of the molecule is Cc1ccccc1CCC(=O)N[C@@H]1CCN(C(=O)c2ccccc2)C[C@H]1O. The average Bonchev–Trinajstić information content (AvgIpc) is 2.69. The topological polar surface area (TPSA) is 69.6 Å². The Morgan fingerprint density at radius 1 is 1.11 bits per heavy atom. The van der Waals surface area contributed by atoms with Gasteiger partial charge in [0, 0.05) is 25.1 Å². The van der Waals surface area contributed by atoms with Crippen molar-refractivity contribution in [1.82, 2.24) is 10.2 Å². The minimum absolute atomic E-state index is 0.0647. The predicted octanol–water partition coefficient (Wildman–Crippen LogP) is 2.32. The van der Waals surface area contributed by atoms with Gasteiger partial charge in [0.1, 0.15) is 0 Å². The fourth-order valence-corrected chi connectivity index (χ4v) is 3.47. The first kappa shape index (κ1) is 19.1. The number of nitrogens with zero attached hydrogens (tertiary/aromatic N) is 1. The van der Waals surface area contributed by atoms with Gasteiger partial charge in [0.25, 0.3) is 5.91 Å². The first-order chi connectivity index (χ1) is 13.0. The zero-order valence-corrected chi connectivity index (χ0v) is 15.6. The Morgan fingerprint density at radius 2 is 1.81 bits per heavy atom. The van der Waals surface area contributed by atoms with E-state index in [9.17, 15) is 14.7 Å². The lowest BCUT2D eigenvalue weighted by Crippen LogP contribution is -2.55. The fraction of sp³-hybridized carbons (Fsp3) is 0.364. The van der Waals surface area contributed by atoms with Crippen molar-refractivity contribution in [2.75, 3.05) is 13.1 Å². The number of hydrogen-bond donors (Lipinski definition) is 2. The third-order valence-corrected chi connectivity index (χ3v) is 5.12. The van der Waals surface area contributed by atoms with E-state index in [1.807, 2.05) is 49.4 Å². The quantitative estimate of drug-likeness (QED) is 0.853. The summed E-state index contributed by atoms with van der Waals surface area (Å²) in [6, 6.07) is 16.8. The molecule has 0 unspecified atom stereocenters. The maximum absolute atomic E-state index is 12.5. The van der Waals surface area contributed by atoms with Gasteiger partial charge in [-0.05, 0) is 43.0 Å². The zero-order chi connectivity index (χ0) is 19.2. The van der Waals surface area contributed by atoms with Crippen molar-refractivity contribution in [1.29, 1.82) is 0 Å². The molecule has 3 rings (SSSR count). The monoisotopic (exact) mass is 366 g/mol. The highest BCUT2D eigenvalue weighted by molar-refractivity contribution is 5.94. The number of β-amino-alcohol motifs (C(OH)–C–C–N with tert-alkyl or cyclic N) is 1. The van der Waals surface area contributed by atoms with E-state index in [1.165, 1.54) is 5.56 Å². The second-order valence-electron chi connectivity index (χ2n) is 7.07. The number of rotatable bonds is 5.